The number of para-hydroxylation sites is 1. The normalized spacial score (nSPS) is 10.8. The van der Waals surface area contributed by atoms with Crippen LogP contribution in [0.5, 0.6) is 0 Å². The van der Waals surface area contributed by atoms with Gasteiger partial charge in [0.2, 0.25) is 5.91 Å². The lowest BCUT2D eigenvalue weighted by Gasteiger charge is -2.04. The van der Waals surface area contributed by atoms with Gasteiger partial charge in [-0.05, 0) is 43.9 Å². The van der Waals surface area contributed by atoms with Gasteiger partial charge in [0.15, 0.2) is 0 Å². The number of benzene rings is 1. The molecule has 1 aromatic heterocycles. The molecule has 4 heteroatoms. The largest absolute Gasteiger partial charge is 0.361 e. The Labute approximate surface area is 119 Å². The van der Waals surface area contributed by atoms with E-state index in [1.54, 1.807) is 0 Å². The third kappa shape index (κ3) is 4.10. The summed E-state index contributed by atoms with van der Waals surface area (Å²) in [7, 11) is 0. The molecule has 1 amide bonds. The fourth-order valence-electron chi connectivity index (χ4n) is 2.36. The molecule has 0 unspecified atom stereocenters. The minimum Gasteiger partial charge on any atom is -0.361 e. The Hall–Kier alpha value is -1.81. The van der Waals surface area contributed by atoms with E-state index in [-0.39, 0.29) is 5.91 Å². The van der Waals surface area contributed by atoms with Crippen LogP contribution in [0.15, 0.2) is 30.5 Å². The predicted octanol–water partition coefficient (Wildman–Crippen LogP) is 2.35. The van der Waals surface area contributed by atoms with Crippen molar-refractivity contribution >= 4 is 16.8 Å². The van der Waals surface area contributed by atoms with E-state index in [1.807, 2.05) is 6.07 Å². The summed E-state index contributed by atoms with van der Waals surface area (Å²) in [6.07, 6.45) is 6.53. The third-order valence-corrected chi connectivity index (χ3v) is 3.48. The number of aromatic nitrogens is 1. The van der Waals surface area contributed by atoms with Crippen LogP contribution >= 0.6 is 0 Å². The van der Waals surface area contributed by atoms with Crippen LogP contribution in [-0.4, -0.2) is 24.0 Å². The molecule has 2 rings (SSSR count). The molecule has 0 aliphatic rings. The lowest BCUT2D eigenvalue weighted by atomic mass is 10.1. The molecule has 0 saturated carbocycles. The number of rotatable bonds is 8. The summed E-state index contributed by atoms with van der Waals surface area (Å²) in [5, 5.41) is 4.24. The van der Waals surface area contributed by atoms with Crippen LogP contribution in [0.25, 0.3) is 10.9 Å². The van der Waals surface area contributed by atoms with Crippen molar-refractivity contribution in [3.05, 3.63) is 36.0 Å². The topological polar surface area (TPSA) is 70.9 Å². The van der Waals surface area contributed by atoms with Crippen LogP contribution in [0.2, 0.25) is 0 Å². The SMILES string of the molecule is NCCCC(=O)NCCCCc1c[nH]c2ccccc12. The summed E-state index contributed by atoms with van der Waals surface area (Å²) in [6, 6.07) is 8.35. The van der Waals surface area contributed by atoms with Crippen molar-refractivity contribution in [2.75, 3.05) is 13.1 Å². The van der Waals surface area contributed by atoms with Crippen molar-refractivity contribution in [1.29, 1.82) is 0 Å². The Morgan fingerprint density at radius 1 is 1.20 bits per heavy atom. The second-order valence-electron chi connectivity index (χ2n) is 5.06. The standard InChI is InChI=1S/C16H23N3O/c17-10-5-9-16(20)18-11-4-3-6-13-12-19-15-8-2-1-7-14(13)15/h1-2,7-8,12,19H,3-6,9-11,17H2,(H,18,20). The number of hydrogen-bond donors (Lipinski definition) is 3. The Kier molecular flexibility index (Phi) is 5.62. The molecular formula is C16H23N3O. The minimum atomic E-state index is 0.113. The highest BCUT2D eigenvalue weighted by molar-refractivity contribution is 5.83. The average molecular weight is 273 g/mol. The van der Waals surface area contributed by atoms with Crippen molar-refractivity contribution in [3.8, 4) is 0 Å². The van der Waals surface area contributed by atoms with Gasteiger partial charge in [0, 0.05) is 30.1 Å². The zero-order valence-corrected chi connectivity index (χ0v) is 11.8. The summed E-state index contributed by atoms with van der Waals surface area (Å²) < 4.78 is 0. The highest BCUT2D eigenvalue weighted by Gasteiger charge is 2.03. The number of nitrogens with two attached hydrogens (primary N) is 1. The van der Waals surface area contributed by atoms with Gasteiger partial charge in [0.1, 0.15) is 0 Å². The Morgan fingerprint density at radius 3 is 2.90 bits per heavy atom. The van der Waals surface area contributed by atoms with E-state index in [2.05, 4.69) is 34.7 Å². The van der Waals surface area contributed by atoms with Crippen LogP contribution in [0, 0.1) is 0 Å². The van der Waals surface area contributed by atoms with Gasteiger partial charge in [-0.15, -0.1) is 0 Å². The van der Waals surface area contributed by atoms with Crippen LogP contribution in [0.1, 0.15) is 31.2 Å². The molecule has 0 fully saturated rings. The first-order valence-corrected chi connectivity index (χ1v) is 7.33. The van der Waals surface area contributed by atoms with Gasteiger partial charge in [0.25, 0.3) is 0 Å². The second kappa shape index (κ2) is 7.70. The van der Waals surface area contributed by atoms with Crippen molar-refractivity contribution in [2.24, 2.45) is 5.73 Å². The highest BCUT2D eigenvalue weighted by Crippen LogP contribution is 2.19. The molecule has 108 valence electrons. The molecule has 0 radical (unpaired) electrons. The Morgan fingerprint density at radius 2 is 2.05 bits per heavy atom. The Balaban J connectivity index is 1.67. The number of aromatic amines is 1. The number of unbranched alkanes of at least 4 members (excludes halogenated alkanes) is 1. The number of aryl methyl sites for hydroxylation is 1. The molecule has 4 nitrogen and oxygen atoms in total. The molecular weight excluding hydrogens is 250 g/mol. The number of hydrogen-bond acceptors (Lipinski definition) is 2. The number of carbonyl (C=O) groups is 1. The van der Waals surface area contributed by atoms with Crippen molar-refractivity contribution in [3.63, 3.8) is 0 Å². The fraction of sp³-hybridized carbons (Fsp3) is 0.438. The first-order valence-electron chi connectivity index (χ1n) is 7.33. The highest BCUT2D eigenvalue weighted by atomic mass is 16.1. The quantitative estimate of drug-likeness (QED) is 0.646. The van der Waals surface area contributed by atoms with E-state index in [4.69, 9.17) is 5.73 Å². The van der Waals surface area contributed by atoms with Gasteiger partial charge in [-0.2, -0.15) is 0 Å². The molecule has 4 N–H and O–H groups in total. The fourth-order valence-corrected chi connectivity index (χ4v) is 2.36. The van der Waals surface area contributed by atoms with Gasteiger partial charge in [-0.1, -0.05) is 18.2 Å². The molecule has 1 aromatic carbocycles. The van der Waals surface area contributed by atoms with Crippen molar-refractivity contribution in [1.82, 2.24) is 10.3 Å². The molecule has 0 bridgehead atoms. The van der Waals surface area contributed by atoms with E-state index < -0.39 is 0 Å². The molecule has 0 spiro atoms. The number of amides is 1. The zero-order valence-electron chi connectivity index (χ0n) is 11.8. The van der Waals surface area contributed by atoms with Crippen LogP contribution in [0.3, 0.4) is 0 Å². The van der Waals surface area contributed by atoms with E-state index in [9.17, 15) is 4.79 Å². The van der Waals surface area contributed by atoms with Gasteiger partial charge < -0.3 is 16.0 Å². The van der Waals surface area contributed by atoms with Gasteiger partial charge in [0.05, 0.1) is 0 Å². The molecule has 0 atom stereocenters. The smallest absolute Gasteiger partial charge is 0.220 e. The summed E-state index contributed by atoms with van der Waals surface area (Å²) in [4.78, 5) is 14.7. The van der Waals surface area contributed by atoms with E-state index in [0.29, 0.717) is 13.0 Å². The summed E-state index contributed by atoms with van der Waals surface area (Å²) in [5.74, 6) is 0.113. The summed E-state index contributed by atoms with van der Waals surface area (Å²) in [5.41, 5.74) is 7.92. The molecule has 0 aliphatic carbocycles. The summed E-state index contributed by atoms with van der Waals surface area (Å²) in [6.45, 7) is 1.33. The van der Waals surface area contributed by atoms with Gasteiger partial charge in [-0.3, -0.25) is 4.79 Å². The van der Waals surface area contributed by atoms with Crippen LogP contribution in [-0.2, 0) is 11.2 Å². The lowest BCUT2D eigenvalue weighted by Crippen LogP contribution is -2.24. The van der Waals surface area contributed by atoms with Crippen molar-refractivity contribution in [2.45, 2.75) is 32.1 Å². The molecule has 0 saturated heterocycles. The molecule has 2 aromatic rings. The van der Waals surface area contributed by atoms with Gasteiger partial charge >= 0.3 is 0 Å². The molecule has 1 heterocycles. The van der Waals surface area contributed by atoms with Crippen molar-refractivity contribution < 1.29 is 4.79 Å². The first kappa shape index (κ1) is 14.6. The third-order valence-electron chi connectivity index (χ3n) is 3.48. The second-order valence-corrected chi connectivity index (χ2v) is 5.06. The van der Waals surface area contributed by atoms with Crippen LogP contribution < -0.4 is 11.1 Å². The maximum absolute atomic E-state index is 11.4. The van der Waals surface area contributed by atoms with Crippen LogP contribution in [0.4, 0.5) is 0 Å². The van der Waals surface area contributed by atoms with E-state index in [1.165, 1.54) is 16.5 Å². The van der Waals surface area contributed by atoms with Gasteiger partial charge in [-0.25, -0.2) is 0 Å². The molecule has 0 aliphatic heterocycles. The number of fused-ring (bicyclic) bond motifs is 1. The first-order chi connectivity index (χ1) is 9.81. The average Bonchev–Trinajstić information content (AvgIpc) is 2.88. The zero-order chi connectivity index (χ0) is 14.2. The molecule has 20 heavy (non-hydrogen) atoms. The number of H-pyrrole nitrogens is 1. The lowest BCUT2D eigenvalue weighted by molar-refractivity contribution is -0.121. The number of nitrogens with one attached hydrogen (secondary N) is 2. The Bertz CT molecular complexity index is 547. The number of carbonyl (C=O) groups excluding carboxylic acids is 1. The summed E-state index contributed by atoms with van der Waals surface area (Å²) >= 11 is 0. The minimum absolute atomic E-state index is 0.113. The maximum Gasteiger partial charge on any atom is 0.220 e. The monoisotopic (exact) mass is 273 g/mol. The maximum atomic E-state index is 11.4. The van der Waals surface area contributed by atoms with E-state index >= 15 is 0 Å². The predicted molar refractivity (Wildman–Crippen MR) is 82.5 cm³/mol. The van der Waals surface area contributed by atoms with E-state index in [0.717, 1.165) is 32.2 Å².